The van der Waals surface area contributed by atoms with E-state index in [1.165, 1.54) is 0 Å². The van der Waals surface area contributed by atoms with Gasteiger partial charge in [0.25, 0.3) is 0 Å². The molecule has 0 bridgehead atoms. The summed E-state index contributed by atoms with van der Waals surface area (Å²) >= 11 is 5.79. The van der Waals surface area contributed by atoms with Crippen molar-refractivity contribution in [1.29, 1.82) is 0 Å². The molecule has 1 unspecified atom stereocenters. The fraction of sp³-hybridized carbons (Fsp3) is 0.500. The van der Waals surface area contributed by atoms with Gasteiger partial charge in [-0.2, -0.15) is 0 Å². The highest BCUT2D eigenvalue weighted by Gasteiger charge is 2.01. The van der Waals surface area contributed by atoms with Crippen molar-refractivity contribution in [2.45, 2.75) is 26.6 Å². The van der Waals surface area contributed by atoms with Crippen LogP contribution in [0, 0.1) is 0 Å². The predicted octanol–water partition coefficient (Wildman–Crippen LogP) is 2.85. The predicted molar refractivity (Wildman–Crippen MR) is 64.2 cm³/mol. The third-order valence-electron chi connectivity index (χ3n) is 2.13. The molecule has 2 nitrogen and oxygen atoms in total. The monoisotopic (exact) mass is 227 g/mol. The lowest BCUT2D eigenvalue weighted by Crippen LogP contribution is -2.26. The topological polar surface area (TPSA) is 21.3 Å². The molecule has 3 heteroatoms. The van der Waals surface area contributed by atoms with E-state index in [1.807, 2.05) is 24.3 Å². The summed E-state index contributed by atoms with van der Waals surface area (Å²) in [7, 11) is 0. The summed E-state index contributed by atoms with van der Waals surface area (Å²) in [6.07, 6.45) is 0.237. The standard InChI is InChI=1S/C12H18ClNO/c1-3-14-8-10(2)15-9-11-4-6-12(13)7-5-11/h4-7,10,14H,3,8-9H2,1-2H3. The highest BCUT2D eigenvalue weighted by molar-refractivity contribution is 6.30. The molecule has 1 rings (SSSR count). The van der Waals surface area contributed by atoms with Crippen LogP contribution in [-0.2, 0) is 11.3 Å². The van der Waals surface area contributed by atoms with Crippen LogP contribution >= 0.6 is 11.6 Å². The molecule has 0 aliphatic heterocycles. The highest BCUT2D eigenvalue weighted by atomic mass is 35.5. The zero-order chi connectivity index (χ0) is 11.1. The molecule has 0 radical (unpaired) electrons. The Morgan fingerprint density at radius 3 is 2.60 bits per heavy atom. The van der Waals surface area contributed by atoms with Gasteiger partial charge in [0, 0.05) is 11.6 Å². The van der Waals surface area contributed by atoms with Gasteiger partial charge in [0.05, 0.1) is 12.7 Å². The zero-order valence-electron chi connectivity index (χ0n) is 9.29. The van der Waals surface area contributed by atoms with E-state index in [0.29, 0.717) is 6.61 Å². The molecule has 0 aliphatic carbocycles. The average molecular weight is 228 g/mol. The molecule has 84 valence electrons. The number of likely N-dealkylation sites (N-methyl/N-ethyl adjacent to an activating group) is 1. The third kappa shape index (κ3) is 5.17. The minimum absolute atomic E-state index is 0.237. The maximum Gasteiger partial charge on any atom is 0.0721 e. The van der Waals surface area contributed by atoms with Gasteiger partial charge in [-0.05, 0) is 31.2 Å². The Morgan fingerprint density at radius 2 is 2.00 bits per heavy atom. The molecule has 1 aromatic carbocycles. The van der Waals surface area contributed by atoms with Crippen LogP contribution in [0.4, 0.5) is 0 Å². The summed E-state index contributed by atoms with van der Waals surface area (Å²) in [5.74, 6) is 0. The lowest BCUT2D eigenvalue weighted by molar-refractivity contribution is 0.0536. The number of nitrogens with one attached hydrogen (secondary N) is 1. The van der Waals surface area contributed by atoms with Gasteiger partial charge in [-0.3, -0.25) is 0 Å². The molecule has 0 heterocycles. The number of hydrogen-bond acceptors (Lipinski definition) is 2. The largest absolute Gasteiger partial charge is 0.373 e. The fourth-order valence-corrected chi connectivity index (χ4v) is 1.35. The molecule has 0 saturated carbocycles. The van der Waals surface area contributed by atoms with Gasteiger partial charge in [-0.1, -0.05) is 30.7 Å². The first-order chi connectivity index (χ1) is 7.22. The van der Waals surface area contributed by atoms with Crippen molar-refractivity contribution < 1.29 is 4.74 Å². The average Bonchev–Trinajstić information content (AvgIpc) is 2.25. The van der Waals surface area contributed by atoms with Crippen LogP contribution in [0.2, 0.25) is 5.02 Å². The van der Waals surface area contributed by atoms with E-state index >= 15 is 0 Å². The van der Waals surface area contributed by atoms with E-state index in [2.05, 4.69) is 19.2 Å². The Bertz CT molecular complexity index is 273. The van der Waals surface area contributed by atoms with Crippen molar-refractivity contribution in [1.82, 2.24) is 5.32 Å². The zero-order valence-corrected chi connectivity index (χ0v) is 10.1. The minimum Gasteiger partial charge on any atom is -0.373 e. The van der Waals surface area contributed by atoms with Gasteiger partial charge in [0.1, 0.15) is 0 Å². The van der Waals surface area contributed by atoms with E-state index in [9.17, 15) is 0 Å². The number of ether oxygens (including phenoxy) is 1. The van der Waals surface area contributed by atoms with Crippen LogP contribution in [0.25, 0.3) is 0 Å². The van der Waals surface area contributed by atoms with Crippen molar-refractivity contribution in [2.24, 2.45) is 0 Å². The van der Waals surface area contributed by atoms with Crippen LogP contribution in [0.1, 0.15) is 19.4 Å². The lowest BCUT2D eigenvalue weighted by atomic mass is 10.2. The van der Waals surface area contributed by atoms with Gasteiger partial charge in [-0.25, -0.2) is 0 Å². The molecule has 0 aliphatic rings. The normalized spacial score (nSPS) is 12.7. The molecular weight excluding hydrogens is 210 g/mol. The Balaban J connectivity index is 2.27. The van der Waals surface area contributed by atoms with Gasteiger partial charge >= 0.3 is 0 Å². The van der Waals surface area contributed by atoms with Gasteiger partial charge < -0.3 is 10.1 Å². The van der Waals surface area contributed by atoms with Crippen molar-refractivity contribution in [2.75, 3.05) is 13.1 Å². The molecule has 0 aromatic heterocycles. The van der Waals surface area contributed by atoms with Gasteiger partial charge in [-0.15, -0.1) is 0 Å². The maximum absolute atomic E-state index is 5.79. The van der Waals surface area contributed by atoms with Crippen molar-refractivity contribution in [3.63, 3.8) is 0 Å². The summed E-state index contributed by atoms with van der Waals surface area (Å²) < 4.78 is 5.66. The van der Waals surface area contributed by atoms with Crippen LogP contribution in [0.5, 0.6) is 0 Å². The van der Waals surface area contributed by atoms with E-state index in [1.54, 1.807) is 0 Å². The number of rotatable bonds is 6. The first-order valence-electron chi connectivity index (χ1n) is 5.29. The molecule has 0 spiro atoms. The Hall–Kier alpha value is -0.570. The molecule has 15 heavy (non-hydrogen) atoms. The second kappa shape index (κ2) is 6.83. The highest BCUT2D eigenvalue weighted by Crippen LogP contribution is 2.10. The molecule has 1 N–H and O–H groups in total. The molecule has 0 fully saturated rings. The van der Waals surface area contributed by atoms with Crippen molar-refractivity contribution in [3.05, 3.63) is 34.9 Å². The fourth-order valence-electron chi connectivity index (χ4n) is 1.23. The summed E-state index contributed by atoms with van der Waals surface area (Å²) in [4.78, 5) is 0. The van der Waals surface area contributed by atoms with E-state index < -0.39 is 0 Å². The van der Waals surface area contributed by atoms with Crippen molar-refractivity contribution in [3.8, 4) is 0 Å². The summed E-state index contributed by atoms with van der Waals surface area (Å²) in [6, 6.07) is 7.75. The second-order valence-electron chi connectivity index (χ2n) is 3.56. The Kier molecular flexibility index (Phi) is 5.69. The second-order valence-corrected chi connectivity index (χ2v) is 3.99. The first-order valence-corrected chi connectivity index (χ1v) is 5.67. The molecule has 0 saturated heterocycles. The molecule has 1 atom stereocenters. The molecular formula is C12H18ClNO. The SMILES string of the molecule is CCNCC(C)OCc1ccc(Cl)cc1. The van der Waals surface area contributed by atoms with Crippen LogP contribution < -0.4 is 5.32 Å². The van der Waals surface area contributed by atoms with Crippen LogP contribution in [0.3, 0.4) is 0 Å². The summed E-state index contributed by atoms with van der Waals surface area (Å²) in [5.41, 5.74) is 1.16. The van der Waals surface area contributed by atoms with E-state index in [-0.39, 0.29) is 6.10 Å². The third-order valence-corrected chi connectivity index (χ3v) is 2.38. The molecule has 0 amide bonds. The lowest BCUT2D eigenvalue weighted by Gasteiger charge is -2.13. The Labute approximate surface area is 96.6 Å². The quantitative estimate of drug-likeness (QED) is 0.807. The van der Waals surface area contributed by atoms with Gasteiger partial charge in [0.2, 0.25) is 0 Å². The Morgan fingerprint density at radius 1 is 1.33 bits per heavy atom. The van der Waals surface area contributed by atoms with Crippen LogP contribution in [0.15, 0.2) is 24.3 Å². The minimum atomic E-state index is 0.237. The van der Waals surface area contributed by atoms with E-state index in [0.717, 1.165) is 23.7 Å². The number of halogens is 1. The maximum atomic E-state index is 5.79. The molecule has 1 aromatic rings. The first kappa shape index (κ1) is 12.5. The smallest absolute Gasteiger partial charge is 0.0721 e. The number of hydrogen-bond donors (Lipinski definition) is 1. The van der Waals surface area contributed by atoms with Crippen LogP contribution in [-0.4, -0.2) is 19.2 Å². The summed E-state index contributed by atoms with van der Waals surface area (Å²) in [5, 5.41) is 4.01. The van der Waals surface area contributed by atoms with E-state index in [4.69, 9.17) is 16.3 Å². The summed E-state index contributed by atoms with van der Waals surface area (Å²) in [6.45, 7) is 6.67. The number of benzene rings is 1. The van der Waals surface area contributed by atoms with Crippen molar-refractivity contribution >= 4 is 11.6 Å². The van der Waals surface area contributed by atoms with Gasteiger partial charge in [0.15, 0.2) is 0 Å².